The number of H-pyrrole nitrogens is 1. The zero-order valence-electron chi connectivity index (χ0n) is 8.14. The van der Waals surface area contributed by atoms with Gasteiger partial charge in [-0.15, -0.1) is 0 Å². The van der Waals surface area contributed by atoms with E-state index in [2.05, 4.69) is 0 Å². The maximum atomic E-state index is 11.5. The lowest BCUT2D eigenvalue weighted by Crippen LogP contribution is -2.42. The lowest BCUT2D eigenvalue weighted by molar-refractivity contribution is -0.147. The number of hydrogen-bond donors (Lipinski definition) is 2. The van der Waals surface area contributed by atoms with Crippen molar-refractivity contribution in [2.24, 2.45) is 5.92 Å². The number of hydrogen-bond acceptors (Lipinski definition) is 3. The number of aromatic nitrogens is 2. The van der Waals surface area contributed by atoms with E-state index >= 15 is 0 Å². The number of nitrogens with one attached hydrogen (secondary N) is 1. The molecule has 1 heterocycles. The standard InChI is InChI=1S/C9H9ClN2O4/c10-5-3-12(9(16)11-7(5)13)6-2-1-4(6)8(14)15/h3-4,6H,1-2H2,(H,14,15)(H,11,13,16). The van der Waals surface area contributed by atoms with Crippen LogP contribution in [0.5, 0.6) is 0 Å². The number of aromatic amines is 1. The highest BCUT2D eigenvalue weighted by atomic mass is 35.5. The SMILES string of the molecule is O=C(O)C1CCC1n1cc(Cl)c(=O)[nH]c1=O. The van der Waals surface area contributed by atoms with Crippen LogP contribution in [0.2, 0.25) is 5.02 Å². The molecule has 1 fully saturated rings. The lowest BCUT2D eigenvalue weighted by atomic mass is 9.79. The molecule has 16 heavy (non-hydrogen) atoms. The predicted octanol–water partition coefficient (Wildman–Crippen LogP) is 0.226. The van der Waals surface area contributed by atoms with Gasteiger partial charge < -0.3 is 5.11 Å². The summed E-state index contributed by atoms with van der Waals surface area (Å²) in [6, 6.07) is -0.417. The van der Waals surface area contributed by atoms with Crippen molar-refractivity contribution < 1.29 is 9.90 Å². The second kappa shape index (κ2) is 3.79. The smallest absolute Gasteiger partial charge is 0.328 e. The van der Waals surface area contributed by atoms with Gasteiger partial charge in [0.15, 0.2) is 0 Å². The summed E-state index contributed by atoms with van der Waals surface area (Å²) in [5.41, 5.74) is -1.28. The molecule has 2 N–H and O–H groups in total. The summed E-state index contributed by atoms with van der Waals surface area (Å²) in [4.78, 5) is 35.3. The first-order valence-electron chi connectivity index (χ1n) is 4.74. The minimum absolute atomic E-state index is 0.115. The molecule has 2 rings (SSSR count). The van der Waals surface area contributed by atoms with E-state index in [4.69, 9.17) is 16.7 Å². The van der Waals surface area contributed by atoms with Crippen LogP contribution < -0.4 is 11.2 Å². The average Bonchev–Trinajstić information content (AvgIpc) is 2.11. The number of carboxylic acid groups (broad SMARTS) is 1. The Morgan fingerprint density at radius 3 is 2.69 bits per heavy atom. The third kappa shape index (κ3) is 1.65. The number of halogens is 1. The molecule has 1 saturated carbocycles. The van der Waals surface area contributed by atoms with E-state index in [0.29, 0.717) is 12.8 Å². The van der Waals surface area contributed by atoms with Crippen molar-refractivity contribution in [3.8, 4) is 0 Å². The molecule has 2 atom stereocenters. The zero-order valence-corrected chi connectivity index (χ0v) is 8.90. The molecular formula is C9H9ClN2O4. The molecule has 7 heteroatoms. The average molecular weight is 245 g/mol. The number of aliphatic carboxylic acids is 1. The molecule has 0 saturated heterocycles. The monoisotopic (exact) mass is 244 g/mol. The van der Waals surface area contributed by atoms with Crippen molar-refractivity contribution in [1.29, 1.82) is 0 Å². The second-order valence-electron chi connectivity index (χ2n) is 3.73. The van der Waals surface area contributed by atoms with Gasteiger partial charge in [0, 0.05) is 6.20 Å². The summed E-state index contributed by atoms with van der Waals surface area (Å²) in [6.45, 7) is 0. The van der Waals surface area contributed by atoms with Gasteiger partial charge in [0.05, 0.1) is 12.0 Å². The summed E-state index contributed by atoms with van der Waals surface area (Å²) in [5, 5.41) is 8.74. The molecule has 1 aliphatic rings. The molecule has 0 amide bonds. The number of nitrogens with zero attached hydrogens (tertiary/aromatic N) is 1. The predicted molar refractivity (Wildman–Crippen MR) is 55.7 cm³/mol. The first-order valence-corrected chi connectivity index (χ1v) is 5.12. The fourth-order valence-electron chi connectivity index (χ4n) is 1.81. The quantitative estimate of drug-likeness (QED) is 0.779. The van der Waals surface area contributed by atoms with E-state index < -0.39 is 29.2 Å². The molecule has 86 valence electrons. The third-order valence-electron chi connectivity index (χ3n) is 2.84. The van der Waals surface area contributed by atoms with Gasteiger partial charge in [-0.25, -0.2) is 4.79 Å². The number of rotatable bonds is 2. The van der Waals surface area contributed by atoms with Crippen molar-refractivity contribution in [3.05, 3.63) is 32.1 Å². The Bertz CT molecular complexity index is 547. The normalized spacial score (nSPS) is 23.8. The van der Waals surface area contributed by atoms with E-state index in [9.17, 15) is 14.4 Å². The fourth-order valence-corrected chi connectivity index (χ4v) is 1.96. The minimum atomic E-state index is -0.939. The summed E-state index contributed by atoms with van der Waals surface area (Å²) in [5.74, 6) is -1.52. The first-order chi connectivity index (χ1) is 7.50. The van der Waals surface area contributed by atoms with Gasteiger partial charge in [0.25, 0.3) is 5.56 Å². The van der Waals surface area contributed by atoms with Gasteiger partial charge in [-0.2, -0.15) is 0 Å². The largest absolute Gasteiger partial charge is 0.481 e. The maximum Gasteiger partial charge on any atom is 0.328 e. The minimum Gasteiger partial charge on any atom is -0.481 e. The second-order valence-corrected chi connectivity index (χ2v) is 4.14. The molecule has 1 aromatic heterocycles. The van der Waals surface area contributed by atoms with Crippen LogP contribution >= 0.6 is 11.6 Å². The lowest BCUT2D eigenvalue weighted by Gasteiger charge is -2.34. The van der Waals surface area contributed by atoms with E-state index in [1.807, 2.05) is 4.98 Å². The third-order valence-corrected chi connectivity index (χ3v) is 3.11. The van der Waals surface area contributed by atoms with Gasteiger partial charge >= 0.3 is 11.7 Å². The highest BCUT2D eigenvalue weighted by Gasteiger charge is 2.38. The van der Waals surface area contributed by atoms with Crippen molar-refractivity contribution >= 4 is 17.6 Å². The summed E-state index contributed by atoms with van der Waals surface area (Å²) < 4.78 is 1.19. The Balaban J connectivity index is 2.42. The van der Waals surface area contributed by atoms with Crippen LogP contribution in [0.1, 0.15) is 18.9 Å². The van der Waals surface area contributed by atoms with Gasteiger partial charge in [-0.3, -0.25) is 19.1 Å². The maximum absolute atomic E-state index is 11.5. The van der Waals surface area contributed by atoms with E-state index in [0.717, 1.165) is 0 Å². The molecule has 1 aliphatic carbocycles. The molecule has 2 unspecified atom stereocenters. The Morgan fingerprint density at radius 1 is 1.50 bits per heavy atom. The van der Waals surface area contributed by atoms with Gasteiger partial charge in [0.2, 0.25) is 0 Å². The van der Waals surface area contributed by atoms with Gasteiger partial charge in [-0.1, -0.05) is 11.6 Å². The summed E-state index contributed by atoms with van der Waals surface area (Å²) >= 11 is 5.59. The van der Waals surface area contributed by atoms with E-state index in [-0.39, 0.29) is 5.02 Å². The molecule has 0 spiro atoms. The highest BCUT2D eigenvalue weighted by Crippen LogP contribution is 2.37. The van der Waals surface area contributed by atoms with Crippen LogP contribution in [0.15, 0.2) is 15.8 Å². The fraction of sp³-hybridized carbons (Fsp3) is 0.444. The zero-order chi connectivity index (χ0) is 11.9. The Labute approximate surface area is 94.5 Å². The molecule has 0 radical (unpaired) electrons. The number of carboxylic acids is 1. The van der Waals surface area contributed by atoms with Gasteiger partial charge in [-0.05, 0) is 12.8 Å². The molecular weight excluding hydrogens is 236 g/mol. The molecule has 6 nitrogen and oxygen atoms in total. The molecule has 0 aromatic carbocycles. The Hall–Kier alpha value is -1.56. The van der Waals surface area contributed by atoms with Crippen molar-refractivity contribution in [2.45, 2.75) is 18.9 Å². The van der Waals surface area contributed by atoms with Crippen LogP contribution in [0, 0.1) is 5.92 Å². The summed E-state index contributed by atoms with van der Waals surface area (Å²) in [6.07, 6.45) is 2.32. The van der Waals surface area contributed by atoms with Crippen molar-refractivity contribution in [3.63, 3.8) is 0 Å². The topological polar surface area (TPSA) is 92.2 Å². The Kier molecular flexibility index (Phi) is 2.59. The van der Waals surface area contributed by atoms with Crippen LogP contribution in [0.4, 0.5) is 0 Å². The van der Waals surface area contributed by atoms with Crippen LogP contribution in [0.25, 0.3) is 0 Å². The van der Waals surface area contributed by atoms with Gasteiger partial charge in [0.1, 0.15) is 5.02 Å². The molecule has 0 bridgehead atoms. The van der Waals surface area contributed by atoms with Crippen LogP contribution in [-0.2, 0) is 4.79 Å². The van der Waals surface area contributed by atoms with Crippen molar-refractivity contribution in [1.82, 2.24) is 9.55 Å². The first kappa shape index (κ1) is 10.9. The number of carbonyl (C=O) groups is 1. The molecule has 0 aliphatic heterocycles. The highest BCUT2D eigenvalue weighted by molar-refractivity contribution is 6.30. The van der Waals surface area contributed by atoms with Crippen molar-refractivity contribution in [2.75, 3.05) is 0 Å². The van der Waals surface area contributed by atoms with E-state index in [1.165, 1.54) is 10.8 Å². The van der Waals surface area contributed by atoms with E-state index in [1.54, 1.807) is 0 Å². The summed E-state index contributed by atoms with van der Waals surface area (Å²) in [7, 11) is 0. The Morgan fingerprint density at radius 2 is 2.19 bits per heavy atom. The van der Waals surface area contributed by atoms with Crippen LogP contribution in [-0.4, -0.2) is 20.6 Å². The van der Waals surface area contributed by atoms with Crippen LogP contribution in [0.3, 0.4) is 0 Å². The molecule has 1 aromatic rings.